The summed E-state index contributed by atoms with van der Waals surface area (Å²) in [5.74, 6) is -1.06. The second-order valence-electron chi connectivity index (χ2n) is 7.09. The fraction of sp³-hybridized carbons (Fsp3) is 0.500. The van der Waals surface area contributed by atoms with E-state index in [2.05, 4.69) is 25.3 Å². The lowest BCUT2D eigenvalue weighted by Gasteiger charge is -2.24. The Morgan fingerprint density at radius 2 is 1.93 bits per heavy atom. The van der Waals surface area contributed by atoms with Crippen LogP contribution in [0, 0.1) is 5.92 Å². The van der Waals surface area contributed by atoms with E-state index in [-0.39, 0.29) is 17.8 Å². The van der Waals surface area contributed by atoms with Gasteiger partial charge in [0.05, 0.1) is 6.04 Å². The van der Waals surface area contributed by atoms with Crippen molar-refractivity contribution in [2.75, 3.05) is 5.32 Å². The Balaban J connectivity index is 1.39. The van der Waals surface area contributed by atoms with Crippen molar-refractivity contribution in [1.29, 1.82) is 0 Å². The zero-order chi connectivity index (χ0) is 19.0. The highest BCUT2D eigenvalue weighted by atomic mass is 19.4. The van der Waals surface area contributed by atoms with Gasteiger partial charge in [-0.25, -0.2) is 0 Å². The number of amides is 1. The van der Waals surface area contributed by atoms with Crippen LogP contribution >= 0.6 is 0 Å². The van der Waals surface area contributed by atoms with Crippen LogP contribution in [0.1, 0.15) is 38.0 Å². The Labute approximate surface area is 153 Å². The third-order valence-electron chi connectivity index (χ3n) is 5.26. The number of fused-ring (bicyclic) bond motifs is 1. The number of hydrogen-bond acceptors (Lipinski definition) is 5. The molecular formula is C18H19F3N4O2. The molecule has 0 bridgehead atoms. The van der Waals surface area contributed by atoms with Gasteiger partial charge in [0.15, 0.2) is 0 Å². The van der Waals surface area contributed by atoms with E-state index in [9.17, 15) is 18.0 Å². The van der Waals surface area contributed by atoms with E-state index in [1.165, 1.54) is 19.3 Å². The van der Waals surface area contributed by atoms with Crippen molar-refractivity contribution in [3.63, 3.8) is 0 Å². The molecular weight excluding hydrogens is 361 g/mol. The van der Waals surface area contributed by atoms with Crippen LogP contribution in [0.2, 0.25) is 0 Å². The van der Waals surface area contributed by atoms with E-state index < -0.39 is 12.1 Å². The number of carbonyl (C=O) groups is 1. The lowest BCUT2D eigenvalue weighted by molar-refractivity contribution is -0.159. The smallest absolute Gasteiger partial charge is 0.329 e. The highest BCUT2D eigenvalue weighted by Crippen LogP contribution is 2.33. The molecule has 144 valence electrons. The molecule has 1 aliphatic carbocycles. The zero-order valence-corrected chi connectivity index (χ0v) is 14.4. The number of rotatable bonds is 3. The van der Waals surface area contributed by atoms with Gasteiger partial charge in [-0.15, -0.1) is 0 Å². The summed E-state index contributed by atoms with van der Waals surface area (Å²) in [6, 6.07) is 6.53. The molecule has 1 aromatic heterocycles. The maximum Gasteiger partial charge on any atom is 0.471 e. The summed E-state index contributed by atoms with van der Waals surface area (Å²) in [7, 11) is 0. The van der Waals surface area contributed by atoms with E-state index in [1.54, 1.807) is 24.3 Å². The van der Waals surface area contributed by atoms with Crippen LogP contribution in [-0.2, 0) is 11.0 Å². The Hall–Kier alpha value is -2.42. The topological polar surface area (TPSA) is 80.1 Å². The first-order chi connectivity index (χ1) is 12.9. The van der Waals surface area contributed by atoms with Gasteiger partial charge in [0.2, 0.25) is 11.7 Å². The first-order valence-corrected chi connectivity index (χ1v) is 8.98. The number of aromatic nitrogens is 2. The third-order valence-corrected chi connectivity index (χ3v) is 5.26. The van der Waals surface area contributed by atoms with Crippen LogP contribution in [0.25, 0.3) is 11.4 Å². The average molecular weight is 380 g/mol. The SMILES string of the molecule is O=C(Nc1ccc(-c2noc(C(F)(F)F)n2)cc1)C1CC2CCCCC2N1. The van der Waals surface area contributed by atoms with Crippen LogP contribution in [0.5, 0.6) is 0 Å². The lowest BCUT2D eigenvalue weighted by atomic mass is 9.85. The van der Waals surface area contributed by atoms with Crippen LogP contribution in [0.15, 0.2) is 28.8 Å². The van der Waals surface area contributed by atoms with Crippen molar-refractivity contribution in [2.45, 2.75) is 50.4 Å². The summed E-state index contributed by atoms with van der Waals surface area (Å²) in [4.78, 5) is 15.8. The van der Waals surface area contributed by atoms with Gasteiger partial charge in [-0.2, -0.15) is 18.2 Å². The number of nitrogens with one attached hydrogen (secondary N) is 2. The summed E-state index contributed by atoms with van der Waals surface area (Å²) in [6.07, 6.45) is 0.887. The molecule has 3 atom stereocenters. The van der Waals surface area contributed by atoms with Crippen molar-refractivity contribution < 1.29 is 22.5 Å². The highest BCUT2D eigenvalue weighted by Gasteiger charge is 2.39. The molecule has 3 unspecified atom stereocenters. The summed E-state index contributed by atoms with van der Waals surface area (Å²) in [5.41, 5.74) is 0.942. The standard InChI is InChI=1S/C18H19F3N4O2/c19-18(20,21)17-24-15(25-27-17)10-5-7-12(8-6-10)22-16(26)14-9-11-3-1-2-4-13(11)23-14/h5-8,11,13-14,23H,1-4,9H2,(H,22,26). The number of carbonyl (C=O) groups excluding carboxylic acids is 1. The van der Waals surface area contributed by atoms with Crippen LogP contribution in [0.3, 0.4) is 0 Å². The van der Waals surface area contributed by atoms with Gasteiger partial charge in [-0.3, -0.25) is 4.79 Å². The van der Waals surface area contributed by atoms with Crippen molar-refractivity contribution in [2.24, 2.45) is 5.92 Å². The Bertz CT molecular complexity index is 805. The quantitative estimate of drug-likeness (QED) is 0.850. The fourth-order valence-electron chi connectivity index (χ4n) is 3.91. The maximum atomic E-state index is 12.5. The van der Waals surface area contributed by atoms with Crippen molar-refractivity contribution >= 4 is 11.6 Å². The molecule has 4 rings (SSSR count). The molecule has 1 aromatic carbocycles. The van der Waals surface area contributed by atoms with Crippen LogP contribution < -0.4 is 10.6 Å². The van der Waals surface area contributed by atoms with E-state index in [0.717, 1.165) is 12.8 Å². The monoisotopic (exact) mass is 380 g/mol. The molecule has 2 heterocycles. The summed E-state index contributed by atoms with van der Waals surface area (Å²) in [5, 5.41) is 9.62. The number of anilines is 1. The van der Waals surface area contributed by atoms with Gasteiger partial charge in [0, 0.05) is 17.3 Å². The zero-order valence-electron chi connectivity index (χ0n) is 14.4. The molecule has 1 aliphatic heterocycles. The predicted octanol–water partition coefficient (Wildman–Crippen LogP) is 3.61. The van der Waals surface area contributed by atoms with Crippen LogP contribution in [-0.4, -0.2) is 28.1 Å². The molecule has 2 aliphatic rings. The minimum absolute atomic E-state index is 0.0870. The van der Waals surface area contributed by atoms with E-state index in [1.807, 2.05) is 0 Å². The Morgan fingerprint density at radius 3 is 2.59 bits per heavy atom. The molecule has 27 heavy (non-hydrogen) atoms. The second-order valence-corrected chi connectivity index (χ2v) is 7.09. The van der Waals surface area contributed by atoms with Crippen molar-refractivity contribution in [1.82, 2.24) is 15.5 Å². The number of benzene rings is 1. The first-order valence-electron chi connectivity index (χ1n) is 8.98. The number of alkyl halides is 3. The largest absolute Gasteiger partial charge is 0.471 e. The normalized spacial score (nSPS) is 25.2. The molecule has 1 saturated heterocycles. The summed E-state index contributed by atoms with van der Waals surface area (Å²) < 4.78 is 41.8. The highest BCUT2D eigenvalue weighted by molar-refractivity contribution is 5.95. The average Bonchev–Trinajstić information content (AvgIpc) is 3.29. The minimum Gasteiger partial charge on any atom is -0.329 e. The summed E-state index contributed by atoms with van der Waals surface area (Å²) >= 11 is 0. The molecule has 6 nitrogen and oxygen atoms in total. The number of hydrogen-bond donors (Lipinski definition) is 2. The summed E-state index contributed by atoms with van der Waals surface area (Å²) in [6.45, 7) is 0. The molecule has 0 spiro atoms. The van der Waals surface area contributed by atoms with Crippen molar-refractivity contribution in [3.05, 3.63) is 30.2 Å². The van der Waals surface area contributed by atoms with Gasteiger partial charge < -0.3 is 15.2 Å². The predicted molar refractivity (Wildman–Crippen MR) is 90.7 cm³/mol. The van der Waals surface area contributed by atoms with E-state index in [0.29, 0.717) is 23.2 Å². The number of nitrogens with zero attached hydrogens (tertiary/aromatic N) is 2. The van der Waals surface area contributed by atoms with Crippen molar-refractivity contribution in [3.8, 4) is 11.4 Å². The van der Waals surface area contributed by atoms with Crippen LogP contribution in [0.4, 0.5) is 18.9 Å². The fourth-order valence-corrected chi connectivity index (χ4v) is 3.91. The molecule has 1 saturated carbocycles. The third kappa shape index (κ3) is 3.83. The molecule has 1 amide bonds. The van der Waals surface area contributed by atoms with Gasteiger partial charge in [0.1, 0.15) is 0 Å². The minimum atomic E-state index is -4.68. The maximum absolute atomic E-state index is 12.5. The van der Waals surface area contributed by atoms with Gasteiger partial charge in [0.25, 0.3) is 0 Å². The van der Waals surface area contributed by atoms with Gasteiger partial charge in [-0.1, -0.05) is 18.0 Å². The van der Waals surface area contributed by atoms with E-state index >= 15 is 0 Å². The Morgan fingerprint density at radius 1 is 1.19 bits per heavy atom. The van der Waals surface area contributed by atoms with Gasteiger partial charge >= 0.3 is 12.1 Å². The van der Waals surface area contributed by atoms with E-state index in [4.69, 9.17) is 0 Å². The molecule has 9 heteroatoms. The number of halogens is 3. The molecule has 0 radical (unpaired) electrons. The van der Waals surface area contributed by atoms with Gasteiger partial charge in [-0.05, 0) is 49.4 Å². The molecule has 2 fully saturated rings. The second kappa shape index (κ2) is 6.95. The molecule has 2 aromatic rings. The first kappa shape index (κ1) is 18.0. The Kier molecular flexibility index (Phi) is 4.63. The lowest BCUT2D eigenvalue weighted by Crippen LogP contribution is -2.39. The molecule has 2 N–H and O–H groups in total.